The highest BCUT2D eigenvalue weighted by atomic mass is 16.1. The number of hydrogen-bond donors (Lipinski definition) is 1. The minimum absolute atomic E-state index is 0.123. The maximum absolute atomic E-state index is 12.1. The zero-order valence-corrected chi connectivity index (χ0v) is 15.0. The van der Waals surface area contributed by atoms with Crippen LogP contribution in [0.25, 0.3) is 10.9 Å². The number of allylic oxidation sites excluding steroid dienone is 2. The third-order valence-electron chi connectivity index (χ3n) is 4.50. The van der Waals surface area contributed by atoms with Crippen molar-refractivity contribution in [3.63, 3.8) is 0 Å². The molecule has 2 nitrogen and oxygen atoms in total. The van der Waals surface area contributed by atoms with Crippen LogP contribution in [0.3, 0.4) is 0 Å². The van der Waals surface area contributed by atoms with Crippen LogP contribution in [0, 0.1) is 0 Å². The highest BCUT2D eigenvalue weighted by molar-refractivity contribution is 5.78. The van der Waals surface area contributed by atoms with Gasteiger partial charge in [0.15, 0.2) is 5.43 Å². The normalized spacial score (nSPS) is 11.5. The van der Waals surface area contributed by atoms with Crippen molar-refractivity contribution in [2.24, 2.45) is 0 Å². The Balaban J connectivity index is 1.64. The van der Waals surface area contributed by atoms with Crippen molar-refractivity contribution in [3.8, 4) is 0 Å². The van der Waals surface area contributed by atoms with Crippen LogP contribution in [0.15, 0.2) is 47.3 Å². The molecule has 0 saturated heterocycles. The van der Waals surface area contributed by atoms with Crippen LogP contribution in [0.1, 0.15) is 70.4 Å². The van der Waals surface area contributed by atoms with Crippen LogP contribution in [0.5, 0.6) is 0 Å². The van der Waals surface area contributed by atoms with Gasteiger partial charge in [0.05, 0.1) is 0 Å². The van der Waals surface area contributed by atoms with Crippen molar-refractivity contribution in [3.05, 3.63) is 58.4 Å². The van der Waals surface area contributed by atoms with Crippen molar-refractivity contribution in [1.29, 1.82) is 0 Å². The number of H-pyrrole nitrogens is 1. The third kappa shape index (κ3) is 6.35. The lowest BCUT2D eigenvalue weighted by Gasteiger charge is -2.03. The van der Waals surface area contributed by atoms with Gasteiger partial charge in [-0.25, -0.2) is 0 Å². The fourth-order valence-electron chi connectivity index (χ4n) is 3.08. The molecule has 2 rings (SSSR count). The number of unbranched alkanes of at least 4 members (excludes halogenated alkanes) is 7. The average molecular weight is 325 g/mol. The fourth-order valence-corrected chi connectivity index (χ4v) is 3.08. The van der Waals surface area contributed by atoms with Crippen LogP contribution in [-0.4, -0.2) is 4.98 Å². The Hall–Kier alpha value is -1.83. The molecule has 0 aliphatic carbocycles. The number of pyridine rings is 1. The predicted molar refractivity (Wildman–Crippen MR) is 105 cm³/mol. The topological polar surface area (TPSA) is 32.9 Å². The standard InChI is InChI=1S/C22H31NO/c1-2-3-4-5-6-7-8-9-10-11-12-15-19-18-22(24)20-16-13-14-17-21(20)23-19/h9-10,13-14,16-18H,2-8,11-12,15H2,1H3,(H,23,24)/b10-9+. The largest absolute Gasteiger partial charge is 0.358 e. The summed E-state index contributed by atoms with van der Waals surface area (Å²) in [4.78, 5) is 15.4. The number of hydrogen-bond acceptors (Lipinski definition) is 1. The summed E-state index contributed by atoms with van der Waals surface area (Å²) in [5, 5.41) is 0.778. The zero-order chi connectivity index (χ0) is 17.0. The van der Waals surface area contributed by atoms with Gasteiger partial charge in [0.1, 0.15) is 0 Å². The Morgan fingerprint density at radius 3 is 2.46 bits per heavy atom. The van der Waals surface area contributed by atoms with E-state index in [4.69, 9.17) is 0 Å². The minimum Gasteiger partial charge on any atom is -0.358 e. The molecular weight excluding hydrogens is 294 g/mol. The molecule has 2 heteroatoms. The van der Waals surface area contributed by atoms with Crippen molar-refractivity contribution in [1.82, 2.24) is 4.98 Å². The van der Waals surface area contributed by atoms with E-state index in [-0.39, 0.29) is 5.43 Å². The van der Waals surface area contributed by atoms with Crippen molar-refractivity contribution in [2.75, 3.05) is 0 Å². The zero-order valence-electron chi connectivity index (χ0n) is 15.0. The summed E-state index contributed by atoms with van der Waals surface area (Å²) in [5.41, 5.74) is 2.11. The van der Waals surface area contributed by atoms with Gasteiger partial charge in [0.2, 0.25) is 0 Å². The first-order valence-electron chi connectivity index (χ1n) is 9.57. The first-order valence-corrected chi connectivity index (χ1v) is 9.57. The number of rotatable bonds is 11. The van der Waals surface area contributed by atoms with Gasteiger partial charge in [-0.3, -0.25) is 4.79 Å². The monoisotopic (exact) mass is 325 g/mol. The second-order valence-electron chi connectivity index (χ2n) is 6.62. The number of fused-ring (bicyclic) bond motifs is 1. The molecule has 0 radical (unpaired) electrons. The Labute approximate surface area is 146 Å². The predicted octanol–water partition coefficient (Wildman–Crippen LogP) is 6.16. The van der Waals surface area contributed by atoms with Crippen LogP contribution < -0.4 is 5.43 Å². The van der Waals surface area contributed by atoms with E-state index in [9.17, 15) is 4.79 Å². The van der Waals surface area contributed by atoms with Crippen molar-refractivity contribution in [2.45, 2.75) is 71.1 Å². The maximum Gasteiger partial charge on any atom is 0.189 e. The van der Waals surface area contributed by atoms with Gasteiger partial charge in [0.25, 0.3) is 0 Å². The maximum atomic E-state index is 12.1. The molecule has 0 spiro atoms. The molecule has 1 aromatic carbocycles. The van der Waals surface area contributed by atoms with E-state index in [1.807, 2.05) is 24.3 Å². The number of nitrogens with one attached hydrogen (secondary N) is 1. The molecule has 0 aliphatic heterocycles. The summed E-state index contributed by atoms with van der Waals surface area (Å²) in [7, 11) is 0. The molecule has 0 bridgehead atoms. The molecule has 0 aliphatic rings. The lowest BCUT2D eigenvalue weighted by molar-refractivity contribution is 0.611. The van der Waals surface area contributed by atoms with E-state index < -0.39 is 0 Å². The molecule has 0 fully saturated rings. The van der Waals surface area contributed by atoms with Crippen LogP contribution in [-0.2, 0) is 6.42 Å². The Kier molecular flexibility index (Phi) is 8.37. The second-order valence-corrected chi connectivity index (χ2v) is 6.62. The van der Waals surface area contributed by atoms with Crippen molar-refractivity contribution < 1.29 is 0 Å². The Morgan fingerprint density at radius 1 is 0.917 bits per heavy atom. The van der Waals surface area contributed by atoms with E-state index in [0.29, 0.717) is 0 Å². The second kappa shape index (κ2) is 10.9. The Morgan fingerprint density at radius 2 is 1.62 bits per heavy atom. The fraction of sp³-hybridized carbons (Fsp3) is 0.500. The van der Waals surface area contributed by atoms with Crippen LogP contribution in [0.4, 0.5) is 0 Å². The van der Waals surface area contributed by atoms with Crippen LogP contribution >= 0.6 is 0 Å². The van der Waals surface area contributed by atoms with E-state index >= 15 is 0 Å². The SMILES string of the molecule is CCCCCCCC/C=C/CCCc1cc(=O)c2ccccc2[nH]1. The molecule has 0 unspecified atom stereocenters. The molecule has 0 amide bonds. The summed E-state index contributed by atoms with van der Waals surface area (Å²) in [6, 6.07) is 9.48. The number of para-hydroxylation sites is 1. The molecule has 2 aromatic rings. The smallest absolute Gasteiger partial charge is 0.189 e. The lowest BCUT2D eigenvalue weighted by atomic mass is 10.1. The summed E-state index contributed by atoms with van der Waals surface area (Å²) in [5.74, 6) is 0. The van der Waals surface area contributed by atoms with Gasteiger partial charge < -0.3 is 4.98 Å². The first-order chi connectivity index (χ1) is 11.8. The molecule has 0 saturated carbocycles. The molecule has 1 aromatic heterocycles. The highest BCUT2D eigenvalue weighted by Crippen LogP contribution is 2.10. The quantitative estimate of drug-likeness (QED) is 0.389. The molecular formula is C22H31NO. The van der Waals surface area contributed by atoms with Gasteiger partial charge in [0, 0.05) is 22.7 Å². The van der Waals surface area contributed by atoms with Crippen LogP contribution in [0.2, 0.25) is 0 Å². The lowest BCUT2D eigenvalue weighted by Crippen LogP contribution is -2.04. The van der Waals surface area contributed by atoms with Gasteiger partial charge in [-0.1, -0.05) is 63.3 Å². The Bertz CT molecular complexity index is 684. The average Bonchev–Trinajstić information content (AvgIpc) is 2.60. The van der Waals surface area contributed by atoms with Gasteiger partial charge in [-0.15, -0.1) is 0 Å². The molecule has 0 atom stereocenters. The van der Waals surface area contributed by atoms with Gasteiger partial charge >= 0.3 is 0 Å². The highest BCUT2D eigenvalue weighted by Gasteiger charge is 2.00. The molecule has 24 heavy (non-hydrogen) atoms. The van der Waals surface area contributed by atoms with E-state index in [0.717, 1.165) is 35.9 Å². The summed E-state index contributed by atoms with van der Waals surface area (Å²) in [6.45, 7) is 2.26. The summed E-state index contributed by atoms with van der Waals surface area (Å²) < 4.78 is 0. The number of benzene rings is 1. The third-order valence-corrected chi connectivity index (χ3v) is 4.50. The van der Waals surface area contributed by atoms with Gasteiger partial charge in [-0.05, 0) is 44.2 Å². The van der Waals surface area contributed by atoms with E-state index in [1.54, 1.807) is 6.07 Å². The summed E-state index contributed by atoms with van der Waals surface area (Å²) >= 11 is 0. The van der Waals surface area contributed by atoms with Gasteiger partial charge in [-0.2, -0.15) is 0 Å². The molecule has 1 heterocycles. The van der Waals surface area contributed by atoms with E-state index in [2.05, 4.69) is 24.1 Å². The first kappa shape index (κ1) is 18.5. The summed E-state index contributed by atoms with van der Waals surface area (Å²) in [6.07, 6.45) is 17.1. The number of aromatic nitrogens is 1. The minimum atomic E-state index is 0.123. The number of aromatic amines is 1. The molecule has 130 valence electrons. The van der Waals surface area contributed by atoms with Crippen molar-refractivity contribution >= 4 is 10.9 Å². The van der Waals surface area contributed by atoms with E-state index in [1.165, 1.54) is 44.9 Å². The molecule has 1 N–H and O–H groups in total. The number of aryl methyl sites for hydroxylation is 1.